The second-order valence-electron chi connectivity index (χ2n) is 3.51. The molecule has 0 aromatic heterocycles. The van der Waals surface area contributed by atoms with Gasteiger partial charge in [-0.2, -0.15) is 0 Å². The molecule has 1 saturated heterocycles. The maximum atomic E-state index is 5.48. The number of hydrogen-bond acceptors (Lipinski definition) is 3. The van der Waals surface area contributed by atoms with E-state index in [2.05, 4.69) is 25.2 Å². The quantitative estimate of drug-likeness (QED) is 0.522. The second kappa shape index (κ2) is 6.13. The molecule has 0 bridgehead atoms. The predicted molar refractivity (Wildman–Crippen MR) is 52.9 cm³/mol. The lowest BCUT2D eigenvalue weighted by Gasteiger charge is -2.22. The minimum atomic E-state index is 0.235. The van der Waals surface area contributed by atoms with Crippen molar-refractivity contribution < 1.29 is 9.47 Å². The van der Waals surface area contributed by atoms with Gasteiger partial charge in [-0.3, -0.25) is 0 Å². The summed E-state index contributed by atoms with van der Waals surface area (Å²) in [5.74, 6) is 0. The van der Waals surface area contributed by atoms with Crippen molar-refractivity contribution in [3.05, 3.63) is 11.6 Å². The lowest BCUT2D eigenvalue weighted by atomic mass is 10.3. The fourth-order valence-electron chi connectivity index (χ4n) is 1.18. The van der Waals surface area contributed by atoms with Gasteiger partial charge in [0, 0.05) is 13.1 Å². The smallest absolute Gasteiger partial charge is 0.0933 e. The van der Waals surface area contributed by atoms with Crippen LogP contribution in [0.2, 0.25) is 0 Å². The van der Waals surface area contributed by atoms with E-state index < -0.39 is 0 Å². The molecule has 1 aliphatic rings. The third-order valence-corrected chi connectivity index (χ3v) is 1.91. The predicted octanol–water partition coefficient (Wildman–Crippen LogP) is 0.958. The second-order valence-corrected chi connectivity index (χ2v) is 3.51. The molecule has 3 heteroatoms. The first-order valence-corrected chi connectivity index (χ1v) is 4.82. The summed E-state index contributed by atoms with van der Waals surface area (Å²) in [4.78, 5) is 0. The van der Waals surface area contributed by atoms with Gasteiger partial charge in [0.1, 0.15) is 0 Å². The highest BCUT2D eigenvalue weighted by atomic mass is 16.6. The van der Waals surface area contributed by atoms with Gasteiger partial charge < -0.3 is 14.8 Å². The minimum absolute atomic E-state index is 0.235. The van der Waals surface area contributed by atoms with Gasteiger partial charge >= 0.3 is 0 Å². The molecule has 0 aromatic rings. The van der Waals surface area contributed by atoms with E-state index in [4.69, 9.17) is 9.47 Å². The zero-order valence-electron chi connectivity index (χ0n) is 8.51. The van der Waals surface area contributed by atoms with E-state index in [1.54, 1.807) is 0 Å². The van der Waals surface area contributed by atoms with Crippen LogP contribution in [0.15, 0.2) is 11.6 Å². The van der Waals surface area contributed by atoms with E-state index in [-0.39, 0.29) is 6.10 Å². The molecule has 1 aliphatic heterocycles. The van der Waals surface area contributed by atoms with Crippen molar-refractivity contribution in [3.8, 4) is 0 Å². The van der Waals surface area contributed by atoms with Crippen molar-refractivity contribution in [3.63, 3.8) is 0 Å². The highest BCUT2D eigenvalue weighted by Crippen LogP contribution is 1.98. The Kier molecular flexibility index (Phi) is 5.05. The van der Waals surface area contributed by atoms with Gasteiger partial charge in [0.25, 0.3) is 0 Å². The highest BCUT2D eigenvalue weighted by Gasteiger charge is 2.12. The molecule has 1 N–H and O–H groups in total. The minimum Gasteiger partial charge on any atom is -0.376 e. The maximum absolute atomic E-state index is 5.48. The molecular weight excluding hydrogens is 166 g/mol. The molecule has 0 aliphatic carbocycles. The van der Waals surface area contributed by atoms with Crippen molar-refractivity contribution in [1.82, 2.24) is 5.32 Å². The normalized spacial score (nSPS) is 22.8. The average Bonchev–Trinajstić information content (AvgIpc) is 2.14. The van der Waals surface area contributed by atoms with Crippen LogP contribution in [0.4, 0.5) is 0 Å². The molecule has 76 valence electrons. The van der Waals surface area contributed by atoms with Gasteiger partial charge in [-0.25, -0.2) is 0 Å². The van der Waals surface area contributed by atoms with Gasteiger partial charge in [-0.15, -0.1) is 0 Å². The SMILES string of the molecule is CC(C)=CCNCC1COCCO1. The van der Waals surface area contributed by atoms with Crippen molar-refractivity contribution in [2.75, 3.05) is 32.9 Å². The van der Waals surface area contributed by atoms with Crippen LogP contribution in [0.25, 0.3) is 0 Å². The lowest BCUT2D eigenvalue weighted by Crippen LogP contribution is -2.37. The van der Waals surface area contributed by atoms with Crippen LogP contribution in [0, 0.1) is 0 Å². The number of nitrogens with one attached hydrogen (secondary N) is 1. The molecule has 1 rings (SSSR count). The van der Waals surface area contributed by atoms with E-state index in [1.165, 1.54) is 5.57 Å². The molecule has 13 heavy (non-hydrogen) atoms. The van der Waals surface area contributed by atoms with Crippen LogP contribution in [-0.2, 0) is 9.47 Å². The first kappa shape index (κ1) is 10.7. The third kappa shape index (κ3) is 5.03. The third-order valence-electron chi connectivity index (χ3n) is 1.91. The lowest BCUT2D eigenvalue weighted by molar-refractivity contribution is -0.0860. The van der Waals surface area contributed by atoms with E-state index in [0.717, 1.165) is 32.9 Å². The molecule has 0 aromatic carbocycles. The summed E-state index contributed by atoms with van der Waals surface area (Å²) < 4.78 is 10.8. The molecule has 0 amide bonds. The van der Waals surface area contributed by atoms with E-state index >= 15 is 0 Å². The van der Waals surface area contributed by atoms with Gasteiger partial charge in [0.2, 0.25) is 0 Å². The summed E-state index contributed by atoms with van der Waals surface area (Å²) in [5, 5.41) is 3.31. The molecule has 0 radical (unpaired) electrons. The summed E-state index contributed by atoms with van der Waals surface area (Å²) in [6.45, 7) is 8.19. The highest BCUT2D eigenvalue weighted by molar-refractivity contribution is 4.94. The average molecular weight is 185 g/mol. The summed E-state index contributed by atoms with van der Waals surface area (Å²) in [7, 11) is 0. The summed E-state index contributed by atoms with van der Waals surface area (Å²) in [5.41, 5.74) is 1.34. The Hall–Kier alpha value is -0.380. The van der Waals surface area contributed by atoms with Crippen LogP contribution >= 0.6 is 0 Å². The topological polar surface area (TPSA) is 30.5 Å². The van der Waals surface area contributed by atoms with Crippen LogP contribution in [0.3, 0.4) is 0 Å². The summed E-state index contributed by atoms with van der Waals surface area (Å²) >= 11 is 0. The Balaban J connectivity index is 2.01. The van der Waals surface area contributed by atoms with Gasteiger partial charge in [-0.05, 0) is 13.8 Å². The largest absolute Gasteiger partial charge is 0.376 e. The number of rotatable bonds is 4. The fourth-order valence-corrected chi connectivity index (χ4v) is 1.18. The van der Waals surface area contributed by atoms with Crippen LogP contribution < -0.4 is 5.32 Å². The molecule has 1 unspecified atom stereocenters. The van der Waals surface area contributed by atoms with Crippen LogP contribution in [0.5, 0.6) is 0 Å². The van der Waals surface area contributed by atoms with E-state index in [1.807, 2.05) is 0 Å². The van der Waals surface area contributed by atoms with Crippen molar-refractivity contribution in [2.24, 2.45) is 0 Å². The van der Waals surface area contributed by atoms with Crippen molar-refractivity contribution >= 4 is 0 Å². The standard InChI is InChI=1S/C10H19NO2/c1-9(2)3-4-11-7-10-8-12-5-6-13-10/h3,10-11H,4-8H2,1-2H3. The van der Waals surface area contributed by atoms with Gasteiger partial charge in [0.15, 0.2) is 0 Å². The van der Waals surface area contributed by atoms with Gasteiger partial charge in [0.05, 0.1) is 25.9 Å². The maximum Gasteiger partial charge on any atom is 0.0933 e. The zero-order chi connectivity index (χ0) is 9.52. The summed E-state index contributed by atoms with van der Waals surface area (Å²) in [6, 6.07) is 0. The number of allylic oxidation sites excluding steroid dienone is 1. The molecule has 1 fully saturated rings. The monoisotopic (exact) mass is 185 g/mol. The Morgan fingerprint density at radius 3 is 2.92 bits per heavy atom. The zero-order valence-corrected chi connectivity index (χ0v) is 8.51. The molecule has 1 heterocycles. The summed E-state index contributed by atoms with van der Waals surface area (Å²) in [6.07, 6.45) is 2.41. The van der Waals surface area contributed by atoms with Crippen LogP contribution in [0.1, 0.15) is 13.8 Å². The fraction of sp³-hybridized carbons (Fsp3) is 0.800. The molecular formula is C10H19NO2. The van der Waals surface area contributed by atoms with E-state index in [0.29, 0.717) is 0 Å². The van der Waals surface area contributed by atoms with Crippen molar-refractivity contribution in [1.29, 1.82) is 0 Å². The Morgan fingerprint density at radius 1 is 1.46 bits per heavy atom. The van der Waals surface area contributed by atoms with E-state index in [9.17, 15) is 0 Å². The first-order chi connectivity index (χ1) is 6.29. The Morgan fingerprint density at radius 2 is 2.31 bits per heavy atom. The molecule has 0 spiro atoms. The van der Waals surface area contributed by atoms with Gasteiger partial charge in [-0.1, -0.05) is 11.6 Å². The van der Waals surface area contributed by atoms with Crippen molar-refractivity contribution in [2.45, 2.75) is 20.0 Å². The molecule has 0 saturated carbocycles. The molecule has 1 atom stereocenters. The Labute approximate surface area is 80.1 Å². The number of hydrogen-bond donors (Lipinski definition) is 1. The molecule has 3 nitrogen and oxygen atoms in total. The number of ether oxygens (including phenoxy) is 2. The Bertz CT molecular complexity index is 158. The van der Waals surface area contributed by atoms with Crippen LogP contribution in [-0.4, -0.2) is 39.0 Å². The first-order valence-electron chi connectivity index (χ1n) is 4.82.